The Morgan fingerprint density at radius 1 is 1.08 bits per heavy atom. The molecule has 1 aromatic heterocycles. The van der Waals surface area contributed by atoms with Gasteiger partial charge in [0, 0.05) is 38.3 Å². The molecule has 0 radical (unpaired) electrons. The van der Waals surface area contributed by atoms with Crippen LogP contribution in [-0.4, -0.2) is 35.2 Å². The Morgan fingerprint density at radius 2 is 1.85 bits per heavy atom. The van der Waals surface area contributed by atoms with Crippen LogP contribution in [0.15, 0.2) is 60.0 Å². The van der Waals surface area contributed by atoms with E-state index < -0.39 is 6.10 Å². The average molecular weight is 352 g/mol. The summed E-state index contributed by atoms with van der Waals surface area (Å²) in [5, 5.41) is 9.50. The molecule has 7 nitrogen and oxygen atoms in total. The Hall–Kier alpha value is -3.22. The van der Waals surface area contributed by atoms with Crippen molar-refractivity contribution in [1.82, 2.24) is 15.6 Å². The standard InChI is InChI=1S/C19H20N4O3/c24-18(22-13-14-6-9-20-10-7-14)8-11-21-19(25)17-12-16(23-26-17)15-4-2-1-3-5-15/h1-7,9-10,17H,8,11-13H2,(H,21,25)(H,22,24). The van der Waals surface area contributed by atoms with Crippen molar-refractivity contribution in [2.24, 2.45) is 5.16 Å². The summed E-state index contributed by atoms with van der Waals surface area (Å²) in [6.07, 6.45) is 3.33. The Kier molecular flexibility index (Phi) is 5.92. The summed E-state index contributed by atoms with van der Waals surface area (Å²) in [4.78, 5) is 33.1. The summed E-state index contributed by atoms with van der Waals surface area (Å²) in [5.41, 5.74) is 2.67. The number of amides is 2. The molecule has 0 saturated carbocycles. The van der Waals surface area contributed by atoms with E-state index in [1.165, 1.54) is 0 Å². The van der Waals surface area contributed by atoms with Crippen LogP contribution in [0.4, 0.5) is 0 Å². The van der Waals surface area contributed by atoms with Gasteiger partial charge in [-0.05, 0) is 23.3 Å². The molecule has 0 saturated heterocycles. The fourth-order valence-electron chi connectivity index (χ4n) is 2.52. The summed E-state index contributed by atoms with van der Waals surface area (Å²) in [7, 11) is 0. The molecule has 0 fully saturated rings. The molecule has 2 heterocycles. The molecule has 1 unspecified atom stereocenters. The van der Waals surface area contributed by atoms with Crippen LogP contribution < -0.4 is 10.6 Å². The number of hydrogen-bond acceptors (Lipinski definition) is 5. The van der Waals surface area contributed by atoms with Crippen LogP contribution >= 0.6 is 0 Å². The van der Waals surface area contributed by atoms with Gasteiger partial charge in [-0.3, -0.25) is 14.6 Å². The fourth-order valence-corrected chi connectivity index (χ4v) is 2.52. The lowest BCUT2D eigenvalue weighted by molar-refractivity contribution is -0.131. The van der Waals surface area contributed by atoms with E-state index in [1.54, 1.807) is 12.4 Å². The second kappa shape index (κ2) is 8.75. The summed E-state index contributed by atoms with van der Waals surface area (Å²) in [6.45, 7) is 0.691. The molecular formula is C19H20N4O3. The maximum atomic E-state index is 12.1. The number of hydrogen-bond donors (Lipinski definition) is 2. The first kappa shape index (κ1) is 17.6. The van der Waals surface area contributed by atoms with Crippen LogP contribution in [0.3, 0.4) is 0 Å². The van der Waals surface area contributed by atoms with E-state index in [0.29, 0.717) is 13.0 Å². The van der Waals surface area contributed by atoms with Crippen LogP contribution in [0.2, 0.25) is 0 Å². The molecule has 1 atom stereocenters. The minimum atomic E-state index is -0.648. The molecule has 1 aromatic carbocycles. The van der Waals surface area contributed by atoms with Gasteiger partial charge in [-0.1, -0.05) is 35.5 Å². The number of nitrogens with zero attached hydrogens (tertiary/aromatic N) is 2. The highest BCUT2D eigenvalue weighted by molar-refractivity contribution is 6.04. The predicted molar refractivity (Wildman–Crippen MR) is 96.2 cm³/mol. The molecule has 2 aromatic rings. The van der Waals surface area contributed by atoms with Gasteiger partial charge < -0.3 is 15.5 Å². The van der Waals surface area contributed by atoms with Gasteiger partial charge in [0.25, 0.3) is 5.91 Å². The normalized spacial score (nSPS) is 15.7. The Labute approximate surface area is 151 Å². The number of benzene rings is 1. The van der Waals surface area contributed by atoms with Crippen molar-refractivity contribution in [2.45, 2.75) is 25.5 Å². The quantitative estimate of drug-likeness (QED) is 0.788. The van der Waals surface area contributed by atoms with Crippen molar-refractivity contribution < 1.29 is 14.4 Å². The minimum Gasteiger partial charge on any atom is -0.382 e. The lowest BCUT2D eigenvalue weighted by Crippen LogP contribution is -2.37. The van der Waals surface area contributed by atoms with Crippen molar-refractivity contribution >= 4 is 17.5 Å². The third kappa shape index (κ3) is 4.89. The summed E-state index contributed by atoms with van der Waals surface area (Å²) in [5.74, 6) is -0.391. The molecule has 134 valence electrons. The van der Waals surface area contributed by atoms with Crippen molar-refractivity contribution in [3.63, 3.8) is 0 Å². The summed E-state index contributed by atoms with van der Waals surface area (Å²) in [6, 6.07) is 13.3. The fraction of sp³-hybridized carbons (Fsp3) is 0.263. The second-order valence-electron chi connectivity index (χ2n) is 5.88. The summed E-state index contributed by atoms with van der Waals surface area (Å²) < 4.78 is 0. The number of carbonyl (C=O) groups is 2. The molecule has 26 heavy (non-hydrogen) atoms. The van der Waals surface area contributed by atoms with Crippen molar-refractivity contribution in [3.8, 4) is 0 Å². The molecule has 7 heteroatoms. The van der Waals surface area contributed by atoms with E-state index in [1.807, 2.05) is 42.5 Å². The Bertz CT molecular complexity index is 778. The van der Waals surface area contributed by atoms with Crippen LogP contribution in [-0.2, 0) is 21.0 Å². The zero-order valence-electron chi connectivity index (χ0n) is 14.2. The Balaban J connectivity index is 1.35. The smallest absolute Gasteiger partial charge is 0.264 e. The molecule has 1 aliphatic heterocycles. The topological polar surface area (TPSA) is 92.7 Å². The lowest BCUT2D eigenvalue weighted by atomic mass is 10.0. The SMILES string of the molecule is O=C(CCNC(=O)C1CC(c2ccccc2)=NO1)NCc1ccncc1. The van der Waals surface area contributed by atoms with Crippen LogP contribution in [0.5, 0.6) is 0 Å². The molecule has 2 N–H and O–H groups in total. The maximum Gasteiger partial charge on any atom is 0.264 e. The van der Waals surface area contributed by atoms with E-state index in [4.69, 9.17) is 4.84 Å². The monoisotopic (exact) mass is 352 g/mol. The van der Waals surface area contributed by atoms with Gasteiger partial charge in [0.15, 0.2) is 0 Å². The second-order valence-corrected chi connectivity index (χ2v) is 5.88. The van der Waals surface area contributed by atoms with Crippen molar-refractivity contribution in [3.05, 3.63) is 66.0 Å². The van der Waals surface area contributed by atoms with E-state index >= 15 is 0 Å². The number of nitrogens with one attached hydrogen (secondary N) is 2. The van der Waals surface area contributed by atoms with Crippen LogP contribution in [0.25, 0.3) is 0 Å². The van der Waals surface area contributed by atoms with Gasteiger partial charge in [0.05, 0.1) is 5.71 Å². The first-order chi connectivity index (χ1) is 12.7. The lowest BCUT2D eigenvalue weighted by Gasteiger charge is -2.10. The highest BCUT2D eigenvalue weighted by Gasteiger charge is 2.28. The van der Waals surface area contributed by atoms with Crippen LogP contribution in [0, 0.1) is 0 Å². The van der Waals surface area contributed by atoms with E-state index in [2.05, 4.69) is 20.8 Å². The maximum absolute atomic E-state index is 12.1. The van der Waals surface area contributed by atoms with Gasteiger partial charge in [0.1, 0.15) is 0 Å². The van der Waals surface area contributed by atoms with Crippen molar-refractivity contribution in [1.29, 1.82) is 0 Å². The highest BCUT2D eigenvalue weighted by atomic mass is 16.6. The highest BCUT2D eigenvalue weighted by Crippen LogP contribution is 2.16. The Morgan fingerprint density at radius 3 is 2.62 bits per heavy atom. The molecule has 0 spiro atoms. The zero-order chi connectivity index (χ0) is 18.2. The zero-order valence-corrected chi connectivity index (χ0v) is 14.2. The van der Waals surface area contributed by atoms with Crippen molar-refractivity contribution in [2.75, 3.05) is 6.54 Å². The third-order valence-corrected chi connectivity index (χ3v) is 3.96. The van der Waals surface area contributed by atoms with Gasteiger partial charge in [-0.15, -0.1) is 0 Å². The molecular weight excluding hydrogens is 332 g/mol. The molecule has 1 aliphatic rings. The number of rotatable bonds is 7. The minimum absolute atomic E-state index is 0.129. The largest absolute Gasteiger partial charge is 0.382 e. The molecule has 3 rings (SSSR count). The average Bonchev–Trinajstić information content (AvgIpc) is 3.18. The van der Waals surface area contributed by atoms with E-state index in [9.17, 15) is 9.59 Å². The van der Waals surface area contributed by atoms with Gasteiger partial charge in [-0.25, -0.2) is 0 Å². The van der Waals surface area contributed by atoms with Gasteiger partial charge >= 0.3 is 0 Å². The van der Waals surface area contributed by atoms with E-state index in [-0.39, 0.29) is 24.8 Å². The first-order valence-corrected chi connectivity index (χ1v) is 8.44. The number of oxime groups is 1. The van der Waals surface area contributed by atoms with E-state index in [0.717, 1.165) is 16.8 Å². The number of aromatic nitrogens is 1. The van der Waals surface area contributed by atoms with Gasteiger partial charge in [-0.2, -0.15) is 0 Å². The molecule has 2 amide bonds. The first-order valence-electron chi connectivity index (χ1n) is 8.44. The van der Waals surface area contributed by atoms with Crippen LogP contribution in [0.1, 0.15) is 24.0 Å². The third-order valence-electron chi connectivity index (χ3n) is 3.96. The number of pyridine rings is 1. The molecule has 0 bridgehead atoms. The number of carbonyl (C=O) groups excluding carboxylic acids is 2. The predicted octanol–water partition coefficient (Wildman–Crippen LogP) is 1.40. The molecule has 0 aliphatic carbocycles. The summed E-state index contributed by atoms with van der Waals surface area (Å²) >= 11 is 0. The van der Waals surface area contributed by atoms with Gasteiger partial charge in [0.2, 0.25) is 12.0 Å².